The smallest absolute Gasteiger partial charge is 0.205 e. The topological polar surface area (TPSA) is 30.2 Å². The fraction of sp³-hybridized carbons (Fsp3) is 0.267. The Labute approximate surface area is 101 Å². The Morgan fingerprint density at radius 1 is 1.18 bits per heavy atom. The lowest BCUT2D eigenvalue weighted by Gasteiger charge is -2.08. The number of Topliss-reactive ketones (excluding diaryl/α,β-unsaturated/α-hetero) is 1. The lowest BCUT2D eigenvalue weighted by molar-refractivity contribution is 0.0937. The van der Waals surface area contributed by atoms with E-state index in [2.05, 4.69) is 0 Å². The van der Waals surface area contributed by atoms with E-state index < -0.39 is 0 Å². The van der Waals surface area contributed by atoms with Gasteiger partial charge in [0.15, 0.2) is 5.76 Å². The molecule has 0 radical (unpaired) electrons. The zero-order valence-corrected chi connectivity index (χ0v) is 10.1. The second kappa shape index (κ2) is 5.00. The summed E-state index contributed by atoms with van der Waals surface area (Å²) in [6.45, 7) is 3.92. The lowest BCUT2D eigenvalue weighted by Crippen LogP contribution is -2.08. The van der Waals surface area contributed by atoms with Crippen LogP contribution in [0.5, 0.6) is 0 Å². The van der Waals surface area contributed by atoms with Crippen LogP contribution in [0.15, 0.2) is 46.9 Å². The minimum absolute atomic E-state index is 0.0379. The molecule has 2 rings (SSSR count). The average Bonchev–Trinajstić information content (AvgIpc) is 2.87. The quantitative estimate of drug-likeness (QED) is 0.744. The molecule has 1 atom stereocenters. The van der Waals surface area contributed by atoms with Gasteiger partial charge in [-0.05, 0) is 17.7 Å². The Morgan fingerprint density at radius 2 is 1.88 bits per heavy atom. The van der Waals surface area contributed by atoms with E-state index in [1.165, 1.54) is 0 Å². The van der Waals surface area contributed by atoms with Crippen molar-refractivity contribution in [1.82, 2.24) is 0 Å². The average molecular weight is 228 g/mol. The Kier molecular flexibility index (Phi) is 3.43. The van der Waals surface area contributed by atoms with Crippen molar-refractivity contribution in [3.63, 3.8) is 0 Å². The third-order valence-corrected chi connectivity index (χ3v) is 2.95. The molecule has 2 aromatic rings. The summed E-state index contributed by atoms with van der Waals surface area (Å²) < 4.78 is 5.49. The first-order chi connectivity index (χ1) is 8.22. The van der Waals surface area contributed by atoms with Gasteiger partial charge >= 0.3 is 0 Å². The number of hydrogen-bond donors (Lipinski definition) is 0. The van der Waals surface area contributed by atoms with Crippen molar-refractivity contribution in [1.29, 1.82) is 0 Å². The number of rotatable bonds is 4. The Hall–Kier alpha value is -1.83. The highest BCUT2D eigenvalue weighted by molar-refractivity contribution is 5.98. The molecule has 0 spiro atoms. The Balaban J connectivity index is 2.20. The maximum Gasteiger partial charge on any atom is 0.205 e. The number of aryl methyl sites for hydroxylation is 1. The largest absolute Gasteiger partial charge is 0.458 e. The molecule has 1 heterocycles. The first kappa shape index (κ1) is 11.6. The SMILES string of the molecule is CCc1ccc(C(=O)C(C)c2ccccc2)o1. The van der Waals surface area contributed by atoms with E-state index in [0.717, 1.165) is 17.7 Å². The predicted molar refractivity (Wildman–Crippen MR) is 67.3 cm³/mol. The molecule has 1 aromatic carbocycles. The molecular formula is C15H16O2. The van der Waals surface area contributed by atoms with E-state index in [0.29, 0.717) is 5.76 Å². The van der Waals surface area contributed by atoms with Gasteiger partial charge in [-0.3, -0.25) is 4.79 Å². The second-order valence-electron chi connectivity index (χ2n) is 4.12. The fourth-order valence-corrected chi connectivity index (χ4v) is 1.81. The number of carbonyl (C=O) groups excluding carboxylic acids is 1. The van der Waals surface area contributed by atoms with Gasteiger partial charge in [0.05, 0.1) is 0 Å². The van der Waals surface area contributed by atoms with Gasteiger partial charge in [-0.1, -0.05) is 44.2 Å². The van der Waals surface area contributed by atoms with E-state index in [1.54, 1.807) is 6.07 Å². The van der Waals surface area contributed by atoms with Crippen molar-refractivity contribution in [2.75, 3.05) is 0 Å². The van der Waals surface area contributed by atoms with Gasteiger partial charge in [-0.15, -0.1) is 0 Å². The molecule has 0 aliphatic carbocycles. The molecule has 0 aliphatic heterocycles. The number of ketones is 1. The summed E-state index contributed by atoms with van der Waals surface area (Å²) in [4.78, 5) is 12.2. The summed E-state index contributed by atoms with van der Waals surface area (Å²) in [5.41, 5.74) is 1.02. The van der Waals surface area contributed by atoms with Gasteiger partial charge in [-0.2, -0.15) is 0 Å². The van der Waals surface area contributed by atoms with Crippen LogP contribution in [0.2, 0.25) is 0 Å². The van der Waals surface area contributed by atoms with Crippen molar-refractivity contribution in [2.45, 2.75) is 26.2 Å². The summed E-state index contributed by atoms with van der Waals surface area (Å²) in [5, 5.41) is 0. The summed E-state index contributed by atoms with van der Waals surface area (Å²) in [6.07, 6.45) is 0.812. The van der Waals surface area contributed by atoms with Gasteiger partial charge in [0.1, 0.15) is 5.76 Å². The molecule has 0 bridgehead atoms. The molecule has 0 saturated carbocycles. The van der Waals surface area contributed by atoms with E-state index in [1.807, 2.05) is 50.2 Å². The first-order valence-electron chi connectivity index (χ1n) is 5.90. The summed E-state index contributed by atoms with van der Waals surface area (Å²) in [7, 11) is 0. The first-order valence-corrected chi connectivity index (χ1v) is 5.90. The maximum absolute atomic E-state index is 12.2. The number of furan rings is 1. The highest BCUT2D eigenvalue weighted by atomic mass is 16.3. The van der Waals surface area contributed by atoms with Crippen LogP contribution in [0.4, 0.5) is 0 Å². The highest BCUT2D eigenvalue weighted by Gasteiger charge is 2.19. The molecule has 88 valence electrons. The van der Waals surface area contributed by atoms with Crippen LogP contribution in [0, 0.1) is 0 Å². The summed E-state index contributed by atoms with van der Waals surface area (Å²) >= 11 is 0. The zero-order chi connectivity index (χ0) is 12.3. The summed E-state index contributed by atoms with van der Waals surface area (Å²) in [5.74, 6) is 1.19. The minimum atomic E-state index is -0.160. The number of benzene rings is 1. The van der Waals surface area contributed by atoms with Crippen molar-refractivity contribution in [2.24, 2.45) is 0 Å². The van der Waals surface area contributed by atoms with Gasteiger partial charge < -0.3 is 4.42 Å². The molecule has 0 amide bonds. The molecule has 0 aliphatic rings. The second-order valence-corrected chi connectivity index (χ2v) is 4.12. The third kappa shape index (κ3) is 2.47. The van der Waals surface area contributed by atoms with E-state index >= 15 is 0 Å². The molecule has 0 N–H and O–H groups in total. The van der Waals surface area contributed by atoms with E-state index in [-0.39, 0.29) is 11.7 Å². The van der Waals surface area contributed by atoms with Gasteiger partial charge in [-0.25, -0.2) is 0 Å². The monoisotopic (exact) mass is 228 g/mol. The number of carbonyl (C=O) groups is 1. The summed E-state index contributed by atoms with van der Waals surface area (Å²) in [6, 6.07) is 13.4. The van der Waals surface area contributed by atoms with Crippen molar-refractivity contribution < 1.29 is 9.21 Å². The van der Waals surface area contributed by atoms with Crippen LogP contribution >= 0.6 is 0 Å². The molecule has 0 saturated heterocycles. The highest BCUT2D eigenvalue weighted by Crippen LogP contribution is 2.21. The molecule has 1 unspecified atom stereocenters. The lowest BCUT2D eigenvalue weighted by atomic mass is 9.95. The van der Waals surface area contributed by atoms with Crippen LogP contribution < -0.4 is 0 Å². The predicted octanol–water partition coefficient (Wildman–Crippen LogP) is 3.83. The molecule has 1 aromatic heterocycles. The van der Waals surface area contributed by atoms with Crippen molar-refractivity contribution in [3.05, 3.63) is 59.5 Å². The van der Waals surface area contributed by atoms with Gasteiger partial charge in [0.2, 0.25) is 5.78 Å². The third-order valence-electron chi connectivity index (χ3n) is 2.95. The molecule has 2 nitrogen and oxygen atoms in total. The van der Waals surface area contributed by atoms with Gasteiger partial charge in [0.25, 0.3) is 0 Å². The molecule has 0 fully saturated rings. The van der Waals surface area contributed by atoms with E-state index in [9.17, 15) is 4.79 Å². The number of hydrogen-bond acceptors (Lipinski definition) is 2. The van der Waals surface area contributed by atoms with Crippen LogP contribution in [-0.4, -0.2) is 5.78 Å². The van der Waals surface area contributed by atoms with Crippen molar-refractivity contribution in [3.8, 4) is 0 Å². The maximum atomic E-state index is 12.2. The Bertz CT molecular complexity index is 497. The fourth-order valence-electron chi connectivity index (χ4n) is 1.81. The van der Waals surface area contributed by atoms with Crippen LogP contribution in [0.1, 0.15) is 41.6 Å². The molecule has 17 heavy (non-hydrogen) atoms. The van der Waals surface area contributed by atoms with Crippen LogP contribution in [0.3, 0.4) is 0 Å². The molecule has 2 heteroatoms. The normalized spacial score (nSPS) is 12.4. The Morgan fingerprint density at radius 3 is 2.47 bits per heavy atom. The van der Waals surface area contributed by atoms with E-state index in [4.69, 9.17) is 4.42 Å². The van der Waals surface area contributed by atoms with Crippen molar-refractivity contribution >= 4 is 5.78 Å². The van der Waals surface area contributed by atoms with Crippen LogP contribution in [0.25, 0.3) is 0 Å². The molecular weight excluding hydrogens is 212 g/mol. The van der Waals surface area contributed by atoms with Gasteiger partial charge in [0, 0.05) is 12.3 Å². The van der Waals surface area contributed by atoms with Crippen LogP contribution in [-0.2, 0) is 6.42 Å². The minimum Gasteiger partial charge on any atom is -0.458 e. The zero-order valence-electron chi connectivity index (χ0n) is 10.1. The standard InChI is InChI=1S/C15H16O2/c1-3-13-9-10-14(17-13)15(16)11(2)12-7-5-4-6-8-12/h4-11H,3H2,1-2H3.